The molecular formula is C24H18F2N4O4. The quantitative estimate of drug-likeness (QED) is 0.416. The summed E-state index contributed by atoms with van der Waals surface area (Å²) in [6.07, 6.45) is 7.63. The monoisotopic (exact) mass is 464 g/mol. The minimum absolute atomic E-state index is 0.0702. The van der Waals surface area contributed by atoms with Crippen molar-refractivity contribution in [2.75, 3.05) is 12.4 Å². The lowest BCUT2D eigenvalue weighted by molar-refractivity contribution is 0.102. The minimum Gasteiger partial charge on any atom is -0.489 e. The molecule has 0 unspecified atom stereocenters. The fourth-order valence-electron chi connectivity index (χ4n) is 3.26. The second-order valence-corrected chi connectivity index (χ2v) is 7.57. The van der Waals surface area contributed by atoms with Gasteiger partial charge >= 0.3 is 0 Å². The Labute approximate surface area is 192 Å². The van der Waals surface area contributed by atoms with E-state index in [-0.39, 0.29) is 23.1 Å². The molecule has 3 aromatic heterocycles. The lowest BCUT2D eigenvalue weighted by atomic mass is 10.2. The summed E-state index contributed by atoms with van der Waals surface area (Å²) in [5.41, 5.74) is 0.566. The Morgan fingerprint density at radius 3 is 2.53 bits per heavy atom. The molecule has 172 valence electrons. The third-order valence-electron chi connectivity index (χ3n) is 5.08. The molecule has 5 rings (SSSR count). The number of ether oxygens (including phenoxy) is 3. The highest BCUT2D eigenvalue weighted by atomic mass is 19.1. The SMILES string of the molecule is COc1cc2nccc(Oc3c(F)cc(NC(=O)c4cnccc4OC4CC4)cc3F)c2cn1. The van der Waals surface area contributed by atoms with E-state index in [4.69, 9.17) is 14.2 Å². The number of carbonyl (C=O) groups excluding carboxylic acids is 1. The van der Waals surface area contributed by atoms with Gasteiger partial charge in [-0.3, -0.25) is 14.8 Å². The summed E-state index contributed by atoms with van der Waals surface area (Å²) in [6, 6.07) is 6.56. The van der Waals surface area contributed by atoms with Crippen molar-refractivity contribution in [2.45, 2.75) is 18.9 Å². The van der Waals surface area contributed by atoms with Crippen LogP contribution >= 0.6 is 0 Å². The van der Waals surface area contributed by atoms with Crippen molar-refractivity contribution in [3.63, 3.8) is 0 Å². The van der Waals surface area contributed by atoms with Crippen LogP contribution in [0.1, 0.15) is 23.2 Å². The molecule has 3 heterocycles. The third-order valence-corrected chi connectivity index (χ3v) is 5.08. The van der Waals surface area contributed by atoms with Gasteiger partial charge in [0.2, 0.25) is 5.88 Å². The maximum absolute atomic E-state index is 14.8. The van der Waals surface area contributed by atoms with Crippen LogP contribution in [0, 0.1) is 11.6 Å². The van der Waals surface area contributed by atoms with Gasteiger partial charge in [-0.2, -0.15) is 0 Å². The molecule has 0 atom stereocenters. The van der Waals surface area contributed by atoms with Crippen molar-refractivity contribution in [1.82, 2.24) is 15.0 Å². The third kappa shape index (κ3) is 4.42. The highest BCUT2D eigenvalue weighted by Crippen LogP contribution is 2.34. The molecule has 0 bridgehead atoms. The number of nitrogens with zero attached hydrogens (tertiary/aromatic N) is 3. The summed E-state index contributed by atoms with van der Waals surface area (Å²) in [5, 5.41) is 2.92. The smallest absolute Gasteiger partial charge is 0.261 e. The fourth-order valence-corrected chi connectivity index (χ4v) is 3.26. The number of benzene rings is 1. The lowest BCUT2D eigenvalue weighted by Gasteiger charge is -2.13. The van der Waals surface area contributed by atoms with Crippen LogP contribution in [-0.2, 0) is 0 Å². The predicted molar refractivity (Wildman–Crippen MR) is 118 cm³/mol. The van der Waals surface area contributed by atoms with E-state index in [1.54, 1.807) is 12.1 Å². The van der Waals surface area contributed by atoms with Crippen molar-refractivity contribution in [3.05, 3.63) is 72.3 Å². The molecule has 8 nitrogen and oxygen atoms in total. The maximum Gasteiger partial charge on any atom is 0.261 e. The zero-order valence-corrected chi connectivity index (χ0v) is 17.9. The van der Waals surface area contributed by atoms with Gasteiger partial charge in [0.05, 0.1) is 29.7 Å². The van der Waals surface area contributed by atoms with Gasteiger partial charge in [0, 0.05) is 48.7 Å². The van der Waals surface area contributed by atoms with E-state index in [9.17, 15) is 13.6 Å². The van der Waals surface area contributed by atoms with E-state index in [2.05, 4.69) is 20.3 Å². The largest absolute Gasteiger partial charge is 0.489 e. The molecule has 0 saturated heterocycles. The van der Waals surface area contributed by atoms with Crippen molar-refractivity contribution < 1.29 is 27.8 Å². The number of hydrogen-bond acceptors (Lipinski definition) is 7. The molecule has 1 amide bonds. The number of halogens is 2. The summed E-state index contributed by atoms with van der Waals surface area (Å²) in [7, 11) is 1.47. The first-order valence-electron chi connectivity index (χ1n) is 10.4. The van der Waals surface area contributed by atoms with Crippen molar-refractivity contribution in [2.24, 2.45) is 0 Å². The number of aromatic nitrogens is 3. The highest BCUT2D eigenvalue weighted by Gasteiger charge is 2.26. The first-order valence-corrected chi connectivity index (χ1v) is 10.4. The molecule has 4 aromatic rings. The number of fused-ring (bicyclic) bond motifs is 1. The maximum atomic E-state index is 14.8. The van der Waals surface area contributed by atoms with Gasteiger partial charge < -0.3 is 19.5 Å². The van der Waals surface area contributed by atoms with Crippen LogP contribution in [0.3, 0.4) is 0 Å². The van der Waals surface area contributed by atoms with Crippen molar-refractivity contribution in [1.29, 1.82) is 0 Å². The number of nitrogens with one attached hydrogen (secondary N) is 1. The van der Waals surface area contributed by atoms with Crippen molar-refractivity contribution in [3.8, 4) is 23.1 Å². The molecule has 0 radical (unpaired) electrons. The van der Waals surface area contributed by atoms with Gasteiger partial charge in [0.25, 0.3) is 5.91 Å². The normalized spacial score (nSPS) is 12.9. The number of pyridine rings is 3. The lowest BCUT2D eigenvalue weighted by Crippen LogP contribution is -2.15. The van der Waals surface area contributed by atoms with Gasteiger partial charge in [0.15, 0.2) is 17.4 Å². The van der Waals surface area contributed by atoms with E-state index < -0.39 is 23.3 Å². The molecule has 34 heavy (non-hydrogen) atoms. The number of methoxy groups -OCH3 is 1. The highest BCUT2D eigenvalue weighted by molar-refractivity contribution is 6.06. The number of hydrogen-bond donors (Lipinski definition) is 1. The predicted octanol–water partition coefficient (Wildman–Crippen LogP) is 4.90. The topological polar surface area (TPSA) is 95.5 Å². The Hall–Kier alpha value is -4.34. The van der Waals surface area contributed by atoms with Crippen LogP contribution < -0.4 is 19.5 Å². The molecule has 0 aliphatic heterocycles. The Kier molecular flexibility index (Phi) is 5.62. The van der Waals surface area contributed by atoms with Crippen molar-refractivity contribution >= 4 is 22.5 Å². The standard InChI is InChI=1S/C24H18F2N4O4/c1-32-22-10-19-15(12-29-22)20(5-7-28-19)34-23-17(25)8-13(9-18(23)26)30-24(31)16-11-27-6-4-21(16)33-14-2-3-14/h4-12,14H,2-3H2,1H3,(H,30,31). The zero-order chi connectivity index (χ0) is 23.7. The first kappa shape index (κ1) is 21.5. The number of carbonyl (C=O) groups is 1. The molecule has 1 N–H and O–H groups in total. The van der Waals surface area contributed by atoms with Crippen LogP contribution in [-0.4, -0.2) is 34.1 Å². The van der Waals surface area contributed by atoms with E-state index in [0.717, 1.165) is 25.0 Å². The number of amides is 1. The molecule has 1 aliphatic carbocycles. The van der Waals surface area contributed by atoms with Gasteiger partial charge in [-0.15, -0.1) is 0 Å². The van der Waals surface area contributed by atoms with Gasteiger partial charge in [-0.05, 0) is 25.0 Å². The summed E-state index contributed by atoms with van der Waals surface area (Å²) < 4.78 is 46.0. The summed E-state index contributed by atoms with van der Waals surface area (Å²) in [6.45, 7) is 0. The zero-order valence-electron chi connectivity index (χ0n) is 17.9. The average Bonchev–Trinajstić information content (AvgIpc) is 3.65. The average molecular weight is 464 g/mol. The molecule has 0 spiro atoms. The summed E-state index contributed by atoms with van der Waals surface area (Å²) in [5.74, 6) is -2.35. The molecule has 1 fully saturated rings. The van der Waals surface area contributed by atoms with Crippen LogP contribution in [0.5, 0.6) is 23.1 Å². The molecule has 1 aromatic carbocycles. The van der Waals surface area contributed by atoms with E-state index in [0.29, 0.717) is 22.5 Å². The fraction of sp³-hybridized carbons (Fsp3) is 0.167. The Balaban J connectivity index is 1.39. The Morgan fingerprint density at radius 2 is 1.79 bits per heavy atom. The second kappa shape index (κ2) is 8.89. The van der Waals surface area contributed by atoms with E-state index in [1.165, 1.54) is 38.0 Å². The Bertz CT molecular complexity index is 1370. The Morgan fingerprint density at radius 1 is 1.03 bits per heavy atom. The van der Waals surface area contributed by atoms with Gasteiger partial charge in [-0.1, -0.05) is 0 Å². The second-order valence-electron chi connectivity index (χ2n) is 7.57. The van der Waals surface area contributed by atoms with Gasteiger partial charge in [0.1, 0.15) is 11.5 Å². The number of rotatable bonds is 7. The number of anilines is 1. The molecule has 1 aliphatic rings. The van der Waals surface area contributed by atoms with E-state index >= 15 is 0 Å². The van der Waals surface area contributed by atoms with Crippen LogP contribution in [0.4, 0.5) is 14.5 Å². The molecule has 10 heteroatoms. The summed E-state index contributed by atoms with van der Waals surface area (Å²) in [4.78, 5) is 24.9. The van der Waals surface area contributed by atoms with Crippen LogP contribution in [0.2, 0.25) is 0 Å². The van der Waals surface area contributed by atoms with E-state index in [1.807, 2.05) is 0 Å². The first-order chi connectivity index (χ1) is 16.5. The molecular weight excluding hydrogens is 446 g/mol. The van der Waals surface area contributed by atoms with Gasteiger partial charge in [-0.25, -0.2) is 13.8 Å². The minimum atomic E-state index is -0.998. The van der Waals surface area contributed by atoms with Crippen LogP contribution in [0.25, 0.3) is 10.9 Å². The molecule has 1 saturated carbocycles. The van der Waals surface area contributed by atoms with Crippen LogP contribution in [0.15, 0.2) is 55.1 Å². The summed E-state index contributed by atoms with van der Waals surface area (Å²) >= 11 is 0.